The zero-order valence-electron chi connectivity index (χ0n) is 16.2. The summed E-state index contributed by atoms with van der Waals surface area (Å²) in [6.07, 6.45) is 3.13. The zero-order valence-corrected chi connectivity index (χ0v) is 16.2. The Bertz CT molecular complexity index is 810. The van der Waals surface area contributed by atoms with E-state index in [4.69, 9.17) is 4.74 Å². The van der Waals surface area contributed by atoms with E-state index in [0.717, 1.165) is 18.6 Å². The van der Waals surface area contributed by atoms with Crippen molar-refractivity contribution in [3.63, 3.8) is 0 Å². The fourth-order valence-electron chi connectivity index (χ4n) is 3.42. The lowest BCUT2D eigenvalue weighted by Crippen LogP contribution is -2.41. The Hall–Kier alpha value is -3.08. The van der Waals surface area contributed by atoms with Gasteiger partial charge in [-0.1, -0.05) is 24.8 Å². The van der Waals surface area contributed by atoms with Crippen LogP contribution in [0.25, 0.3) is 0 Å². The van der Waals surface area contributed by atoms with Gasteiger partial charge in [-0.15, -0.1) is 0 Å². The lowest BCUT2D eigenvalue weighted by atomic mass is 9.95. The molecule has 2 aromatic carbocycles. The number of hydrogen-bond donors (Lipinski definition) is 0. The minimum Gasteiger partial charge on any atom is -0.457 e. The van der Waals surface area contributed by atoms with E-state index in [1.165, 1.54) is 6.08 Å². The van der Waals surface area contributed by atoms with Crippen molar-refractivity contribution in [3.8, 4) is 11.5 Å². The summed E-state index contributed by atoms with van der Waals surface area (Å²) in [7, 11) is 1.79. The number of hydrogen-bond acceptors (Lipinski definition) is 3. The van der Waals surface area contributed by atoms with Crippen LogP contribution in [-0.4, -0.2) is 48.3 Å². The Labute approximate surface area is 166 Å². The molecule has 2 amide bonds. The van der Waals surface area contributed by atoms with Crippen LogP contribution in [-0.2, 0) is 4.79 Å². The molecule has 146 valence electrons. The Morgan fingerprint density at radius 1 is 1.07 bits per heavy atom. The summed E-state index contributed by atoms with van der Waals surface area (Å²) in [5, 5.41) is 0. The maximum Gasteiger partial charge on any atom is 0.253 e. The molecule has 1 aliphatic heterocycles. The van der Waals surface area contributed by atoms with E-state index in [0.29, 0.717) is 36.9 Å². The molecular weight excluding hydrogens is 352 g/mol. The first kappa shape index (κ1) is 19.7. The minimum atomic E-state index is -0.0590. The number of para-hydroxylation sites is 1. The van der Waals surface area contributed by atoms with E-state index in [2.05, 4.69) is 6.58 Å². The molecule has 0 aliphatic carbocycles. The van der Waals surface area contributed by atoms with Crippen LogP contribution < -0.4 is 4.74 Å². The molecule has 5 heteroatoms. The number of nitrogens with zero attached hydrogens (tertiary/aromatic N) is 2. The molecule has 1 fully saturated rings. The van der Waals surface area contributed by atoms with Gasteiger partial charge in [0, 0.05) is 32.2 Å². The van der Waals surface area contributed by atoms with Gasteiger partial charge in [0.05, 0.1) is 0 Å². The quantitative estimate of drug-likeness (QED) is 0.715. The highest BCUT2D eigenvalue weighted by atomic mass is 16.5. The number of ether oxygens (including phenoxy) is 1. The number of rotatable bonds is 6. The SMILES string of the molecule is C=CC(=O)N(C)CC1CCN(C(=O)c2ccc(Oc3ccccc3)cc2)CC1. The highest BCUT2D eigenvalue weighted by Crippen LogP contribution is 2.23. The molecular formula is C23H26N2O3. The van der Waals surface area contributed by atoms with Gasteiger partial charge in [0.1, 0.15) is 11.5 Å². The smallest absolute Gasteiger partial charge is 0.253 e. The average molecular weight is 378 g/mol. The number of amides is 2. The first-order chi connectivity index (χ1) is 13.6. The normalized spacial score (nSPS) is 14.4. The van der Waals surface area contributed by atoms with Crippen LogP contribution >= 0.6 is 0 Å². The van der Waals surface area contributed by atoms with Gasteiger partial charge >= 0.3 is 0 Å². The van der Waals surface area contributed by atoms with Crippen LogP contribution in [0.2, 0.25) is 0 Å². The van der Waals surface area contributed by atoms with Crippen molar-refractivity contribution in [2.45, 2.75) is 12.8 Å². The van der Waals surface area contributed by atoms with Gasteiger partial charge in [-0.3, -0.25) is 9.59 Å². The minimum absolute atomic E-state index is 0.0419. The molecule has 3 rings (SSSR count). The van der Waals surface area contributed by atoms with E-state index >= 15 is 0 Å². The molecule has 1 saturated heterocycles. The maximum absolute atomic E-state index is 12.8. The molecule has 28 heavy (non-hydrogen) atoms. The standard InChI is InChI=1S/C23H26N2O3/c1-3-22(26)24(2)17-18-13-15-25(16-14-18)23(27)19-9-11-21(12-10-19)28-20-7-5-4-6-8-20/h3-12,18H,1,13-17H2,2H3. The molecule has 1 heterocycles. The van der Waals surface area contributed by atoms with Gasteiger partial charge in [0.15, 0.2) is 0 Å². The second-order valence-corrected chi connectivity index (χ2v) is 7.10. The summed E-state index contributed by atoms with van der Waals surface area (Å²) < 4.78 is 5.77. The summed E-state index contributed by atoms with van der Waals surface area (Å²) in [6.45, 7) is 5.65. The molecule has 0 spiro atoms. The van der Waals surface area contributed by atoms with Crippen LogP contribution in [0.4, 0.5) is 0 Å². The molecule has 5 nitrogen and oxygen atoms in total. The first-order valence-corrected chi connectivity index (χ1v) is 9.56. The van der Waals surface area contributed by atoms with Crippen molar-refractivity contribution in [2.75, 3.05) is 26.7 Å². The van der Waals surface area contributed by atoms with Crippen molar-refractivity contribution < 1.29 is 14.3 Å². The van der Waals surface area contributed by atoms with Gasteiger partial charge < -0.3 is 14.5 Å². The lowest BCUT2D eigenvalue weighted by molar-refractivity contribution is -0.125. The molecule has 1 aliphatic rings. The van der Waals surface area contributed by atoms with Crippen LogP contribution in [0.3, 0.4) is 0 Å². The van der Waals surface area contributed by atoms with E-state index in [1.807, 2.05) is 59.5 Å². The molecule has 0 saturated carbocycles. The summed E-state index contributed by atoms with van der Waals surface area (Å²) in [5.41, 5.74) is 0.665. The van der Waals surface area contributed by atoms with Crippen LogP contribution in [0.15, 0.2) is 67.3 Å². The zero-order chi connectivity index (χ0) is 19.9. The van der Waals surface area contributed by atoms with Crippen molar-refractivity contribution in [1.82, 2.24) is 9.80 Å². The predicted octanol–water partition coefficient (Wildman–Crippen LogP) is 3.98. The third-order valence-electron chi connectivity index (χ3n) is 5.06. The molecule has 0 N–H and O–H groups in total. The molecule has 0 unspecified atom stereocenters. The number of likely N-dealkylation sites (N-methyl/N-ethyl adjacent to an activating group) is 1. The maximum atomic E-state index is 12.8. The topological polar surface area (TPSA) is 49.9 Å². The van der Waals surface area contributed by atoms with E-state index in [1.54, 1.807) is 11.9 Å². The molecule has 0 bridgehead atoms. The van der Waals surface area contributed by atoms with Gasteiger partial charge in [0.25, 0.3) is 5.91 Å². The second-order valence-electron chi connectivity index (χ2n) is 7.10. The first-order valence-electron chi connectivity index (χ1n) is 9.56. The highest BCUT2D eigenvalue weighted by molar-refractivity contribution is 5.94. The summed E-state index contributed by atoms with van der Waals surface area (Å²) >= 11 is 0. The fourth-order valence-corrected chi connectivity index (χ4v) is 3.42. The Balaban J connectivity index is 1.52. The van der Waals surface area contributed by atoms with Gasteiger partial charge in [-0.05, 0) is 61.2 Å². The van der Waals surface area contributed by atoms with Gasteiger partial charge in [-0.25, -0.2) is 0 Å². The van der Waals surface area contributed by atoms with Crippen molar-refractivity contribution in [3.05, 3.63) is 72.8 Å². The predicted molar refractivity (Wildman–Crippen MR) is 109 cm³/mol. The largest absolute Gasteiger partial charge is 0.457 e. The third-order valence-corrected chi connectivity index (χ3v) is 5.06. The summed E-state index contributed by atoms with van der Waals surface area (Å²) in [5.74, 6) is 1.87. The molecule has 0 aromatic heterocycles. The summed E-state index contributed by atoms with van der Waals surface area (Å²) in [4.78, 5) is 28.0. The third kappa shape index (κ3) is 5.00. The molecule has 0 atom stereocenters. The number of piperidine rings is 1. The van der Waals surface area contributed by atoms with E-state index in [-0.39, 0.29) is 11.8 Å². The van der Waals surface area contributed by atoms with Crippen LogP contribution in [0.5, 0.6) is 11.5 Å². The van der Waals surface area contributed by atoms with Crippen molar-refractivity contribution in [2.24, 2.45) is 5.92 Å². The summed E-state index contributed by atoms with van der Waals surface area (Å²) in [6, 6.07) is 16.8. The number of benzene rings is 2. The lowest BCUT2D eigenvalue weighted by Gasteiger charge is -2.33. The fraction of sp³-hybridized carbons (Fsp3) is 0.304. The van der Waals surface area contributed by atoms with Crippen LogP contribution in [0, 0.1) is 5.92 Å². The molecule has 0 radical (unpaired) electrons. The number of carbonyl (C=O) groups excluding carboxylic acids is 2. The second kappa shape index (κ2) is 9.22. The number of likely N-dealkylation sites (tertiary alicyclic amines) is 1. The van der Waals surface area contributed by atoms with Crippen LogP contribution in [0.1, 0.15) is 23.2 Å². The Kier molecular flexibility index (Phi) is 6.48. The van der Waals surface area contributed by atoms with Gasteiger partial charge in [0.2, 0.25) is 5.91 Å². The van der Waals surface area contributed by atoms with E-state index in [9.17, 15) is 9.59 Å². The highest BCUT2D eigenvalue weighted by Gasteiger charge is 2.25. The van der Waals surface area contributed by atoms with Gasteiger partial charge in [-0.2, -0.15) is 0 Å². The Morgan fingerprint density at radius 2 is 1.68 bits per heavy atom. The van der Waals surface area contributed by atoms with Crippen molar-refractivity contribution >= 4 is 11.8 Å². The molecule has 2 aromatic rings. The number of carbonyl (C=O) groups is 2. The van der Waals surface area contributed by atoms with Crippen molar-refractivity contribution in [1.29, 1.82) is 0 Å². The Morgan fingerprint density at radius 3 is 2.29 bits per heavy atom. The average Bonchev–Trinajstić information content (AvgIpc) is 2.74. The monoisotopic (exact) mass is 378 g/mol. The van der Waals surface area contributed by atoms with E-state index < -0.39 is 0 Å².